The first-order valence-electron chi connectivity index (χ1n) is 4.96. The second-order valence-electron chi connectivity index (χ2n) is 3.59. The second-order valence-corrected chi connectivity index (χ2v) is 4.00. The highest BCUT2D eigenvalue weighted by atomic mass is 35.5. The van der Waals surface area contributed by atoms with E-state index in [9.17, 15) is 0 Å². The van der Waals surface area contributed by atoms with Crippen LogP contribution in [-0.2, 0) is 6.61 Å². The van der Waals surface area contributed by atoms with Crippen LogP contribution in [0.1, 0.15) is 5.56 Å². The largest absolute Gasteiger partial charge is 0.398 e. The summed E-state index contributed by atoms with van der Waals surface area (Å²) in [7, 11) is 0. The van der Waals surface area contributed by atoms with Crippen molar-refractivity contribution in [1.82, 2.24) is 0 Å². The zero-order valence-electron chi connectivity index (χ0n) is 8.65. The summed E-state index contributed by atoms with van der Waals surface area (Å²) < 4.78 is 0. The summed E-state index contributed by atoms with van der Waals surface area (Å²) in [6.45, 7) is 0.0386. The van der Waals surface area contributed by atoms with Crippen molar-refractivity contribution >= 4 is 17.3 Å². The summed E-state index contributed by atoms with van der Waals surface area (Å²) in [5.41, 5.74) is 9.21. The molecule has 2 nitrogen and oxygen atoms in total. The highest BCUT2D eigenvalue weighted by Gasteiger charge is 2.01. The monoisotopic (exact) mass is 233 g/mol. The van der Waals surface area contributed by atoms with Crippen LogP contribution in [0.25, 0.3) is 11.1 Å². The molecule has 2 aromatic rings. The van der Waals surface area contributed by atoms with Gasteiger partial charge in [-0.1, -0.05) is 35.9 Å². The van der Waals surface area contributed by atoms with Crippen LogP contribution >= 0.6 is 11.6 Å². The van der Waals surface area contributed by atoms with E-state index in [1.807, 2.05) is 36.4 Å². The fourth-order valence-electron chi connectivity index (χ4n) is 1.57. The van der Waals surface area contributed by atoms with Gasteiger partial charge in [-0.05, 0) is 34.9 Å². The molecule has 0 atom stereocenters. The highest BCUT2D eigenvalue weighted by Crippen LogP contribution is 2.27. The van der Waals surface area contributed by atoms with E-state index in [0.29, 0.717) is 10.7 Å². The van der Waals surface area contributed by atoms with E-state index >= 15 is 0 Å². The van der Waals surface area contributed by atoms with Crippen molar-refractivity contribution in [2.75, 3.05) is 5.73 Å². The Kier molecular flexibility index (Phi) is 3.13. The van der Waals surface area contributed by atoms with E-state index in [2.05, 4.69) is 0 Å². The molecule has 0 radical (unpaired) electrons. The molecule has 3 N–H and O–H groups in total. The minimum atomic E-state index is 0.0386. The average Bonchev–Trinajstić information content (AvgIpc) is 2.33. The summed E-state index contributed by atoms with van der Waals surface area (Å²) in [6.07, 6.45) is 0. The highest BCUT2D eigenvalue weighted by molar-refractivity contribution is 6.33. The number of rotatable bonds is 2. The lowest BCUT2D eigenvalue weighted by Crippen LogP contribution is -1.88. The summed E-state index contributed by atoms with van der Waals surface area (Å²) in [5, 5.41) is 9.62. The minimum Gasteiger partial charge on any atom is -0.398 e. The summed E-state index contributed by atoms with van der Waals surface area (Å²) in [5.74, 6) is 0. The zero-order chi connectivity index (χ0) is 11.5. The number of benzene rings is 2. The molecule has 0 aliphatic carbocycles. The van der Waals surface area contributed by atoms with Crippen molar-refractivity contribution in [3.63, 3.8) is 0 Å². The molecule has 16 heavy (non-hydrogen) atoms. The van der Waals surface area contributed by atoms with E-state index in [4.69, 9.17) is 22.4 Å². The Morgan fingerprint density at radius 1 is 1.06 bits per heavy atom. The van der Waals surface area contributed by atoms with Gasteiger partial charge in [0.15, 0.2) is 0 Å². The molecule has 0 aromatic heterocycles. The standard InChI is InChI=1S/C13H12ClNO/c14-12-5-4-11(7-13(12)15)10-3-1-2-9(6-10)8-16/h1-7,16H,8,15H2. The average molecular weight is 234 g/mol. The van der Waals surface area contributed by atoms with Crippen LogP contribution in [0.2, 0.25) is 5.02 Å². The Hall–Kier alpha value is -1.51. The molecule has 2 aromatic carbocycles. The number of hydrogen-bond acceptors (Lipinski definition) is 2. The Morgan fingerprint density at radius 3 is 2.50 bits per heavy atom. The van der Waals surface area contributed by atoms with E-state index < -0.39 is 0 Å². The molecule has 0 bridgehead atoms. The SMILES string of the molecule is Nc1cc(-c2cccc(CO)c2)ccc1Cl. The Balaban J connectivity index is 2.46. The zero-order valence-corrected chi connectivity index (χ0v) is 9.41. The minimum absolute atomic E-state index is 0.0386. The van der Waals surface area contributed by atoms with Crippen molar-refractivity contribution < 1.29 is 5.11 Å². The number of aliphatic hydroxyl groups excluding tert-OH is 1. The molecule has 0 heterocycles. The first-order chi connectivity index (χ1) is 7.70. The molecule has 0 saturated carbocycles. The van der Waals surface area contributed by atoms with Gasteiger partial charge in [0, 0.05) is 0 Å². The molecule has 0 aliphatic rings. The van der Waals surface area contributed by atoms with Crippen molar-refractivity contribution in [3.05, 3.63) is 53.1 Å². The molecular weight excluding hydrogens is 222 g/mol. The lowest BCUT2D eigenvalue weighted by Gasteiger charge is -2.05. The molecule has 0 unspecified atom stereocenters. The van der Waals surface area contributed by atoms with Gasteiger partial charge in [0.1, 0.15) is 0 Å². The van der Waals surface area contributed by atoms with E-state index in [1.54, 1.807) is 6.07 Å². The van der Waals surface area contributed by atoms with Crippen LogP contribution in [0.4, 0.5) is 5.69 Å². The van der Waals surface area contributed by atoms with Gasteiger partial charge in [0.2, 0.25) is 0 Å². The van der Waals surface area contributed by atoms with Gasteiger partial charge in [-0.2, -0.15) is 0 Å². The lowest BCUT2D eigenvalue weighted by molar-refractivity contribution is 0.282. The van der Waals surface area contributed by atoms with E-state index in [0.717, 1.165) is 16.7 Å². The van der Waals surface area contributed by atoms with Gasteiger partial charge >= 0.3 is 0 Å². The number of anilines is 1. The number of nitrogens with two attached hydrogens (primary N) is 1. The fraction of sp³-hybridized carbons (Fsp3) is 0.0769. The molecule has 0 fully saturated rings. The van der Waals surface area contributed by atoms with Crippen LogP contribution in [0.5, 0.6) is 0 Å². The quantitative estimate of drug-likeness (QED) is 0.783. The summed E-state index contributed by atoms with van der Waals surface area (Å²) in [6, 6.07) is 13.2. The van der Waals surface area contributed by atoms with Gasteiger partial charge in [-0.3, -0.25) is 0 Å². The normalized spacial score (nSPS) is 10.4. The fourth-order valence-corrected chi connectivity index (χ4v) is 1.69. The molecule has 2 rings (SSSR count). The first-order valence-corrected chi connectivity index (χ1v) is 5.33. The van der Waals surface area contributed by atoms with Gasteiger partial charge in [-0.25, -0.2) is 0 Å². The van der Waals surface area contributed by atoms with Crippen LogP contribution < -0.4 is 5.73 Å². The summed E-state index contributed by atoms with van der Waals surface area (Å²) in [4.78, 5) is 0. The molecule has 0 aliphatic heterocycles. The Labute approximate surface area is 99.3 Å². The van der Waals surface area contributed by atoms with Gasteiger partial charge in [0.25, 0.3) is 0 Å². The maximum Gasteiger partial charge on any atom is 0.0682 e. The number of nitrogen functional groups attached to an aromatic ring is 1. The van der Waals surface area contributed by atoms with Crippen LogP contribution in [-0.4, -0.2) is 5.11 Å². The predicted octanol–water partition coefficient (Wildman–Crippen LogP) is 3.08. The van der Waals surface area contributed by atoms with Crippen LogP contribution in [0.15, 0.2) is 42.5 Å². The third kappa shape index (κ3) is 2.18. The van der Waals surface area contributed by atoms with Crippen molar-refractivity contribution in [2.45, 2.75) is 6.61 Å². The lowest BCUT2D eigenvalue weighted by atomic mass is 10.0. The molecule has 0 amide bonds. The van der Waals surface area contributed by atoms with Crippen LogP contribution in [0, 0.1) is 0 Å². The van der Waals surface area contributed by atoms with Crippen LogP contribution in [0.3, 0.4) is 0 Å². The third-order valence-corrected chi connectivity index (χ3v) is 2.78. The number of halogens is 1. The molecule has 0 saturated heterocycles. The van der Waals surface area contributed by atoms with Crippen molar-refractivity contribution in [3.8, 4) is 11.1 Å². The third-order valence-electron chi connectivity index (χ3n) is 2.44. The van der Waals surface area contributed by atoms with Gasteiger partial charge < -0.3 is 10.8 Å². The maximum atomic E-state index is 9.06. The Morgan fingerprint density at radius 2 is 1.81 bits per heavy atom. The smallest absolute Gasteiger partial charge is 0.0682 e. The molecule has 3 heteroatoms. The van der Waals surface area contributed by atoms with Gasteiger partial charge in [-0.15, -0.1) is 0 Å². The predicted molar refractivity (Wildman–Crippen MR) is 67.2 cm³/mol. The first kappa shape index (κ1) is 11.0. The van der Waals surface area contributed by atoms with E-state index in [1.165, 1.54) is 0 Å². The Bertz CT molecular complexity index is 511. The molecule has 82 valence electrons. The topological polar surface area (TPSA) is 46.2 Å². The van der Waals surface area contributed by atoms with E-state index in [-0.39, 0.29) is 6.61 Å². The van der Waals surface area contributed by atoms with Crippen molar-refractivity contribution in [1.29, 1.82) is 0 Å². The number of hydrogen-bond donors (Lipinski definition) is 2. The van der Waals surface area contributed by atoms with Gasteiger partial charge in [0.05, 0.1) is 17.3 Å². The van der Waals surface area contributed by atoms with Crippen molar-refractivity contribution in [2.24, 2.45) is 0 Å². The molecular formula is C13H12ClNO. The number of aliphatic hydroxyl groups is 1. The summed E-state index contributed by atoms with van der Waals surface area (Å²) >= 11 is 5.86. The second kappa shape index (κ2) is 4.56. The molecule has 0 spiro atoms. The maximum absolute atomic E-state index is 9.06.